The van der Waals surface area contributed by atoms with Crippen molar-refractivity contribution >= 4 is 50.2 Å². The highest BCUT2D eigenvalue weighted by Gasteiger charge is 2.17. The molecule has 0 saturated carbocycles. The number of aryl methyl sites for hydroxylation is 1. The van der Waals surface area contributed by atoms with Crippen molar-refractivity contribution in [3.05, 3.63) is 41.6 Å². The summed E-state index contributed by atoms with van der Waals surface area (Å²) in [6.45, 7) is 2.18. The first-order valence-electron chi connectivity index (χ1n) is 5.36. The Morgan fingerprint density at radius 3 is 2.59 bits per heavy atom. The monoisotopic (exact) mass is 349 g/mol. The van der Waals surface area contributed by atoms with Crippen LogP contribution < -0.4 is 5.32 Å². The van der Waals surface area contributed by atoms with Gasteiger partial charge in [-0.05, 0) is 47.6 Å². The lowest BCUT2D eigenvalue weighted by atomic mass is 10.2. The zero-order valence-corrected chi connectivity index (χ0v) is 13.6. The van der Waals surface area contributed by atoms with Crippen LogP contribution in [0.1, 0.15) is 27.6 Å². The van der Waals surface area contributed by atoms with Crippen LogP contribution in [0.4, 0.5) is 0 Å². The number of halogens is 2. The van der Waals surface area contributed by atoms with Crippen molar-refractivity contribution in [2.45, 2.75) is 19.4 Å². The van der Waals surface area contributed by atoms with E-state index in [0.717, 1.165) is 15.2 Å². The molecule has 0 amide bonds. The van der Waals surface area contributed by atoms with Crippen molar-refractivity contribution in [1.29, 1.82) is 0 Å². The Labute approximate surface area is 123 Å². The molecule has 1 atom stereocenters. The maximum Gasteiger partial charge on any atom is 0.0888 e. The molecule has 1 nitrogen and oxygen atoms in total. The van der Waals surface area contributed by atoms with Crippen LogP contribution in [-0.4, -0.2) is 7.05 Å². The van der Waals surface area contributed by atoms with Gasteiger partial charge in [-0.15, -0.1) is 22.7 Å². The van der Waals surface area contributed by atoms with Crippen LogP contribution in [0.25, 0.3) is 0 Å². The van der Waals surface area contributed by atoms with Crippen molar-refractivity contribution in [2.75, 3.05) is 7.05 Å². The molecule has 0 aliphatic heterocycles. The van der Waals surface area contributed by atoms with E-state index in [-0.39, 0.29) is 6.04 Å². The van der Waals surface area contributed by atoms with Crippen LogP contribution in [0.3, 0.4) is 0 Å². The zero-order chi connectivity index (χ0) is 12.4. The second-order valence-electron chi connectivity index (χ2n) is 3.65. The first kappa shape index (κ1) is 13.6. The predicted molar refractivity (Wildman–Crippen MR) is 81.6 cm³/mol. The molecule has 0 aliphatic carbocycles. The average Bonchev–Trinajstić information content (AvgIpc) is 2.89. The van der Waals surface area contributed by atoms with Crippen molar-refractivity contribution in [2.24, 2.45) is 0 Å². The van der Waals surface area contributed by atoms with E-state index in [0.29, 0.717) is 0 Å². The fourth-order valence-electron chi connectivity index (χ4n) is 1.67. The third kappa shape index (κ3) is 2.93. The Balaban J connectivity index is 2.32. The van der Waals surface area contributed by atoms with Gasteiger partial charge in [0.15, 0.2) is 0 Å². The molecule has 2 rings (SSSR count). The van der Waals surface area contributed by atoms with Gasteiger partial charge in [0.25, 0.3) is 0 Å². The van der Waals surface area contributed by atoms with Crippen LogP contribution in [0, 0.1) is 0 Å². The molecule has 0 bridgehead atoms. The summed E-state index contributed by atoms with van der Waals surface area (Å²) in [5, 5.41) is 4.14. The first-order valence-corrected chi connectivity index (χ1v) is 8.16. The molecule has 0 aliphatic rings. The highest BCUT2D eigenvalue weighted by Crippen LogP contribution is 2.38. The van der Waals surface area contributed by atoms with Gasteiger partial charge >= 0.3 is 0 Å². The quantitative estimate of drug-likeness (QED) is 0.809. The van der Waals surface area contributed by atoms with Crippen molar-refractivity contribution < 1.29 is 0 Å². The summed E-state index contributed by atoms with van der Waals surface area (Å²) in [5.74, 6) is 0. The minimum atomic E-state index is 0.245. The van der Waals surface area contributed by atoms with Crippen LogP contribution in [0.5, 0.6) is 0 Å². The summed E-state index contributed by atoms with van der Waals surface area (Å²) in [6, 6.07) is 6.68. The highest BCUT2D eigenvalue weighted by atomic mass is 79.9. The standard InChI is InChI=1S/C12H13BrClNS2/c1-3-7-4-5-9(16-7)11(15-2)10-6-8(14)12(13)17-10/h4-6,11,15H,3H2,1-2H3. The Bertz CT molecular complexity index is 487. The van der Waals surface area contributed by atoms with Gasteiger partial charge < -0.3 is 5.32 Å². The molecule has 0 fully saturated rings. The summed E-state index contributed by atoms with van der Waals surface area (Å²) in [4.78, 5) is 4.01. The summed E-state index contributed by atoms with van der Waals surface area (Å²) in [7, 11) is 1.98. The number of rotatable bonds is 4. The van der Waals surface area contributed by atoms with E-state index in [2.05, 4.69) is 40.3 Å². The summed E-state index contributed by atoms with van der Waals surface area (Å²) < 4.78 is 1.00. The van der Waals surface area contributed by atoms with E-state index in [9.17, 15) is 0 Å². The van der Waals surface area contributed by atoms with E-state index in [1.807, 2.05) is 24.5 Å². The molecule has 17 heavy (non-hydrogen) atoms. The van der Waals surface area contributed by atoms with Gasteiger partial charge in [-0.25, -0.2) is 0 Å². The van der Waals surface area contributed by atoms with Crippen LogP contribution in [0.2, 0.25) is 5.02 Å². The summed E-state index contributed by atoms with van der Waals surface area (Å²) in [6.07, 6.45) is 1.09. The molecule has 0 spiro atoms. The second-order valence-corrected chi connectivity index (χ2v) is 7.66. The van der Waals surface area contributed by atoms with Crippen molar-refractivity contribution in [1.82, 2.24) is 5.32 Å². The molecular formula is C12H13BrClNS2. The lowest BCUT2D eigenvalue weighted by Crippen LogP contribution is -2.14. The molecule has 1 N–H and O–H groups in total. The van der Waals surface area contributed by atoms with Gasteiger partial charge in [0, 0.05) is 14.6 Å². The Kier molecular flexibility index (Phi) is 4.66. The van der Waals surface area contributed by atoms with Gasteiger partial charge in [-0.2, -0.15) is 0 Å². The maximum absolute atomic E-state index is 6.09. The number of hydrogen-bond acceptors (Lipinski definition) is 3. The third-order valence-corrected chi connectivity index (χ3v) is 6.39. The first-order chi connectivity index (χ1) is 8.15. The van der Waals surface area contributed by atoms with E-state index in [1.54, 1.807) is 11.3 Å². The number of nitrogens with one attached hydrogen (secondary N) is 1. The largest absolute Gasteiger partial charge is 0.308 e. The van der Waals surface area contributed by atoms with Gasteiger partial charge in [0.1, 0.15) is 0 Å². The number of thiophene rings is 2. The summed E-state index contributed by atoms with van der Waals surface area (Å²) >= 11 is 13.1. The minimum Gasteiger partial charge on any atom is -0.308 e. The van der Waals surface area contributed by atoms with Gasteiger partial charge in [-0.3, -0.25) is 0 Å². The SMILES string of the molecule is CCc1ccc(C(NC)c2cc(Cl)c(Br)s2)s1. The van der Waals surface area contributed by atoms with Gasteiger partial charge in [0.05, 0.1) is 14.9 Å². The second kappa shape index (κ2) is 5.85. The predicted octanol–water partition coefficient (Wildman–Crippen LogP) is 5.10. The third-order valence-electron chi connectivity index (χ3n) is 2.55. The maximum atomic E-state index is 6.09. The lowest BCUT2D eigenvalue weighted by molar-refractivity contribution is 0.716. The summed E-state index contributed by atoms with van der Waals surface area (Å²) in [5.41, 5.74) is 0. The highest BCUT2D eigenvalue weighted by molar-refractivity contribution is 9.11. The Morgan fingerprint density at radius 2 is 2.12 bits per heavy atom. The molecule has 1 unspecified atom stereocenters. The topological polar surface area (TPSA) is 12.0 Å². The molecule has 0 saturated heterocycles. The van der Waals surface area contributed by atoms with Crippen molar-refractivity contribution in [3.63, 3.8) is 0 Å². The fourth-order valence-corrected chi connectivity index (χ4v) is 4.70. The van der Waals surface area contributed by atoms with Gasteiger partial charge in [-0.1, -0.05) is 18.5 Å². The molecule has 92 valence electrons. The van der Waals surface area contributed by atoms with Crippen LogP contribution in [-0.2, 0) is 6.42 Å². The lowest BCUT2D eigenvalue weighted by Gasteiger charge is -2.12. The molecular weight excluding hydrogens is 338 g/mol. The van der Waals surface area contributed by atoms with E-state index in [4.69, 9.17) is 11.6 Å². The normalized spacial score (nSPS) is 12.9. The van der Waals surface area contributed by atoms with Crippen LogP contribution in [0.15, 0.2) is 22.0 Å². The number of hydrogen-bond donors (Lipinski definition) is 1. The van der Waals surface area contributed by atoms with Gasteiger partial charge in [0.2, 0.25) is 0 Å². The average molecular weight is 351 g/mol. The van der Waals surface area contributed by atoms with E-state index in [1.165, 1.54) is 14.6 Å². The fraction of sp³-hybridized carbons (Fsp3) is 0.333. The Hall–Kier alpha value is 0.130. The molecule has 5 heteroatoms. The molecule has 2 aromatic heterocycles. The zero-order valence-electron chi connectivity index (χ0n) is 9.59. The van der Waals surface area contributed by atoms with Crippen molar-refractivity contribution in [3.8, 4) is 0 Å². The Morgan fingerprint density at radius 1 is 1.35 bits per heavy atom. The van der Waals surface area contributed by atoms with E-state index < -0.39 is 0 Å². The smallest absolute Gasteiger partial charge is 0.0888 e. The van der Waals surface area contributed by atoms with E-state index >= 15 is 0 Å². The molecule has 0 radical (unpaired) electrons. The molecule has 2 aromatic rings. The van der Waals surface area contributed by atoms with Crippen LogP contribution >= 0.6 is 50.2 Å². The molecule has 2 heterocycles. The minimum absolute atomic E-state index is 0.245. The molecule has 0 aromatic carbocycles.